The monoisotopic (exact) mass is 323 g/mol. The Morgan fingerprint density at radius 2 is 2.35 bits per heavy atom. The second-order valence-electron chi connectivity index (χ2n) is 5.51. The van der Waals surface area contributed by atoms with E-state index in [1.54, 1.807) is 23.7 Å². The van der Waals surface area contributed by atoms with Gasteiger partial charge in [-0.15, -0.1) is 11.3 Å². The van der Waals surface area contributed by atoms with E-state index in [2.05, 4.69) is 25.9 Å². The first-order chi connectivity index (χ1) is 11.3. The first-order valence-electron chi connectivity index (χ1n) is 7.32. The van der Waals surface area contributed by atoms with Crippen molar-refractivity contribution in [3.05, 3.63) is 51.0 Å². The normalized spacial score (nSPS) is 17.5. The van der Waals surface area contributed by atoms with Gasteiger partial charge in [-0.05, 0) is 12.5 Å². The minimum Gasteiger partial charge on any atom is -0.369 e. The van der Waals surface area contributed by atoms with Crippen LogP contribution in [0.4, 0.5) is 5.69 Å². The van der Waals surface area contributed by atoms with Crippen LogP contribution in [0.3, 0.4) is 0 Å². The molecule has 1 saturated heterocycles. The molecule has 0 bridgehead atoms. The highest BCUT2D eigenvalue weighted by Crippen LogP contribution is 2.35. The quantitative estimate of drug-likeness (QED) is 0.781. The number of H-pyrrole nitrogens is 1. The van der Waals surface area contributed by atoms with E-state index in [-0.39, 0.29) is 11.1 Å². The van der Waals surface area contributed by atoms with Gasteiger partial charge in [0.25, 0.3) is 5.56 Å². The lowest BCUT2D eigenvalue weighted by atomic mass is 10.1. The molecule has 0 unspecified atom stereocenters. The van der Waals surface area contributed by atoms with Crippen LogP contribution in [0.25, 0.3) is 10.9 Å². The van der Waals surface area contributed by atoms with Gasteiger partial charge in [-0.1, -0.05) is 0 Å². The lowest BCUT2D eigenvalue weighted by molar-refractivity contribution is 0.766. The molecular formula is C16H13N5OS. The molecule has 1 atom stereocenters. The van der Waals surface area contributed by atoms with E-state index < -0.39 is 0 Å². The molecule has 3 aromatic rings. The Morgan fingerprint density at radius 3 is 3.13 bits per heavy atom. The summed E-state index contributed by atoms with van der Waals surface area (Å²) in [5.74, 6) is 0.345. The molecule has 0 saturated carbocycles. The van der Waals surface area contributed by atoms with Gasteiger partial charge < -0.3 is 9.88 Å². The van der Waals surface area contributed by atoms with Crippen LogP contribution >= 0.6 is 11.3 Å². The highest BCUT2D eigenvalue weighted by molar-refractivity contribution is 7.09. The number of rotatable bonds is 2. The van der Waals surface area contributed by atoms with Crippen molar-refractivity contribution in [2.24, 2.45) is 0 Å². The number of nitriles is 1. The first-order valence-corrected chi connectivity index (χ1v) is 8.20. The molecule has 3 aromatic heterocycles. The fourth-order valence-corrected chi connectivity index (χ4v) is 3.93. The molecule has 0 amide bonds. The van der Waals surface area contributed by atoms with Crippen molar-refractivity contribution in [1.82, 2.24) is 15.0 Å². The minimum absolute atomic E-state index is 0.170. The Balaban J connectivity index is 1.83. The van der Waals surface area contributed by atoms with Crippen LogP contribution in [0.2, 0.25) is 0 Å². The maximum absolute atomic E-state index is 12.2. The Hall–Kier alpha value is -2.72. The Bertz CT molecular complexity index is 957. The van der Waals surface area contributed by atoms with Crippen molar-refractivity contribution in [3.63, 3.8) is 0 Å². The molecule has 1 fully saturated rings. The van der Waals surface area contributed by atoms with E-state index in [1.165, 1.54) is 0 Å². The Morgan fingerprint density at radius 1 is 1.43 bits per heavy atom. The molecule has 1 aliphatic rings. The SMILES string of the molecule is N#Cc1c(N2CC[C@H](c3nccs3)C2)c2ccncc2[nH]c1=O. The Labute approximate surface area is 136 Å². The van der Waals surface area contributed by atoms with Gasteiger partial charge in [0.1, 0.15) is 11.6 Å². The van der Waals surface area contributed by atoms with E-state index in [1.807, 2.05) is 17.6 Å². The number of nitrogens with zero attached hydrogens (tertiary/aromatic N) is 4. The molecule has 4 rings (SSSR count). The van der Waals surface area contributed by atoms with Gasteiger partial charge in [0, 0.05) is 42.2 Å². The minimum atomic E-state index is -0.360. The van der Waals surface area contributed by atoms with Crippen LogP contribution in [0.5, 0.6) is 0 Å². The predicted octanol–water partition coefficient (Wildman–Crippen LogP) is 2.25. The number of hydrogen-bond acceptors (Lipinski definition) is 6. The molecule has 1 N–H and O–H groups in total. The number of fused-ring (bicyclic) bond motifs is 1. The summed E-state index contributed by atoms with van der Waals surface area (Å²) in [6, 6.07) is 3.91. The van der Waals surface area contributed by atoms with Crippen molar-refractivity contribution in [2.75, 3.05) is 18.0 Å². The summed E-state index contributed by atoms with van der Waals surface area (Å²) in [4.78, 5) is 25.5. The van der Waals surface area contributed by atoms with Gasteiger partial charge in [0.15, 0.2) is 0 Å². The van der Waals surface area contributed by atoms with Gasteiger partial charge >= 0.3 is 0 Å². The second kappa shape index (κ2) is 5.48. The van der Waals surface area contributed by atoms with Crippen LogP contribution < -0.4 is 10.5 Å². The number of aromatic amines is 1. The van der Waals surface area contributed by atoms with Crippen molar-refractivity contribution >= 4 is 27.9 Å². The third-order valence-corrected chi connectivity index (χ3v) is 5.14. The topological polar surface area (TPSA) is 85.7 Å². The van der Waals surface area contributed by atoms with Gasteiger partial charge in [0.05, 0.1) is 22.4 Å². The van der Waals surface area contributed by atoms with Crippen molar-refractivity contribution in [1.29, 1.82) is 5.26 Å². The summed E-state index contributed by atoms with van der Waals surface area (Å²) in [5.41, 5.74) is 1.18. The summed E-state index contributed by atoms with van der Waals surface area (Å²) >= 11 is 1.65. The summed E-state index contributed by atoms with van der Waals surface area (Å²) in [5, 5.41) is 13.4. The molecule has 114 valence electrons. The van der Waals surface area contributed by atoms with E-state index in [0.29, 0.717) is 17.1 Å². The van der Waals surface area contributed by atoms with Crippen LogP contribution in [0.1, 0.15) is 22.9 Å². The zero-order valence-corrected chi connectivity index (χ0v) is 13.0. The fraction of sp³-hybridized carbons (Fsp3) is 0.250. The zero-order valence-electron chi connectivity index (χ0n) is 12.2. The number of thiazole rings is 1. The van der Waals surface area contributed by atoms with Crippen molar-refractivity contribution in [2.45, 2.75) is 12.3 Å². The van der Waals surface area contributed by atoms with E-state index >= 15 is 0 Å². The van der Waals surface area contributed by atoms with Crippen molar-refractivity contribution in [3.8, 4) is 6.07 Å². The largest absolute Gasteiger partial charge is 0.369 e. The molecular weight excluding hydrogens is 310 g/mol. The highest BCUT2D eigenvalue weighted by Gasteiger charge is 2.29. The molecule has 0 spiro atoms. The highest BCUT2D eigenvalue weighted by atomic mass is 32.1. The van der Waals surface area contributed by atoms with Crippen LogP contribution in [-0.4, -0.2) is 28.0 Å². The number of nitrogens with one attached hydrogen (secondary N) is 1. The predicted molar refractivity (Wildman–Crippen MR) is 88.8 cm³/mol. The van der Waals surface area contributed by atoms with Gasteiger partial charge in [-0.3, -0.25) is 9.78 Å². The second-order valence-corrected chi connectivity index (χ2v) is 6.44. The average Bonchev–Trinajstić information content (AvgIpc) is 3.24. The maximum atomic E-state index is 12.2. The molecule has 0 radical (unpaired) electrons. The van der Waals surface area contributed by atoms with Gasteiger partial charge in [0.2, 0.25) is 0 Å². The van der Waals surface area contributed by atoms with Gasteiger partial charge in [-0.25, -0.2) is 4.98 Å². The lowest BCUT2D eigenvalue weighted by Gasteiger charge is -2.21. The third-order valence-electron chi connectivity index (χ3n) is 4.21. The van der Waals surface area contributed by atoms with Gasteiger partial charge in [-0.2, -0.15) is 5.26 Å². The van der Waals surface area contributed by atoms with Crippen LogP contribution in [0, 0.1) is 11.3 Å². The van der Waals surface area contributed by atoms with Crippen molar-refractivity contribution < 1.29 is 0 Å². The molecule has 4 heterocycles. The summed E-state index contributed by atoms with van der Waals surface area (Å²) in [7, 11) is 0. The number of pyridine rings is 2. The standard InChI is InChI=1S/C16H13N5OS/c17-7-12-14(11-1-3-18-8-13(11)20-15(12)22)21-5-2-10(9-21)16-19-4-6-23-16/h1,3-4,6,8,10H,2,5,9H2,(H,20,22)/t10-/m0/s1. The Kier molecular flexibility index (Phi) is 3.32. The molecule has 1 aliphatic heterocycles. The third kappa shape index (κ3) is 2.28. The van der Waals surface area contributed by atoms with Crippen LogP contribution in [0.15, 0.2) is 34.8 Å². The number of hydrogen-bond donors (Lipinski definition) is 1. The number of anilines is 1. The average molecular weight is 323 g/mol. The van der Waals surface area contributed by atoms with E-state index in [0.717, 1.165) is 29.9 Å². The zero-order chi connectivity index (χ0) is 15.8. The molecule has 7 heteroatoms. The summed E-state index contributed by atoms with van der Waals surface area (Å²) in [6.45, 7) is 1.57. The molecule has 0 aliphatic carbocycles. The van der Waals surface area contributed by atoms with Crippen LogP contribution in [-0.2, 0) is 0 Å². The van der Waals surface area contributed by atoms with E-state index in [9.17, 15) is 10.1 Å². The fourth-order valence-electron chi connectivity index (χ4n) is 3.16. The smallest absolute Gasteiger partial charge is 0.268 e. The first kappa shape index (κ1) is 13.9. The van der Waals surface area contributed by atoms with E-state index in [4.69, 9.17) is 0 Å². The number of aromatic nitrogens is 3. The summed E-state index contributed by atoms with van der Waals surface area (Å²) in [6.07, 6.45) is 6.09. The maximum Gasteiger partial charge on any atom is 0.268 e. The molecule has 0 aromatic carbocycles. The lowest BCUT2D eigenvalue weighted by Crippen LogP contribution is -2.24. The molecule has 6 nitrogen and oxygen atoms in total. The summed E-state index contributed by atoms with van der Waals surface area (Å²) < 4.78 is 0. The molecule has 23 heavy (non-hydrogen) atoms.